The summed E-state index contributed by atoms with van der Waals surface area (Å²) in [7, 11) is -9.46. The molecule has 0 aliphatic carbocycles. The highest BCUT2D eigenvalue weighted by Gasteiger charge is 2.32. The summed E-state index contributed by atoms with van der Waals surface area (Å²) < 4.78 is 38.0. The fourth-order valence-corrected chi connectivity index (χ4v) is 5.09. The van der Waals surface area contributed by atoms with Crippen molar-refractivity contribution in [1.82, 2.24) is 15.7 Å². The smallest absolute Gasteiger partial charge is 0.471 e. The zero-order valence-corrected chi connectivity index (χ0v) is 26.4. The molecule has 1 aromatic heterocycles. The predicted molar refractivity (Wildman–Crippen MR) is 156 cm³/mol. The van der Waals surface area contributed by atoms with Crippen LogP contribution in [0.25, 0.3) is 11.3 Å². The lowest BCUT2D eigenvalue weighted by molar-refractivity contribution is -0.221. The molecule has 2 rings (SSSR count). The van der Waals surface area contributed by atoms with E-state index < -0.39 is 46.0 Å². The minimum absolute atomic E-state index is 0.134. The first-order chi connectivity index (χ1) is 20.7. The number of phosphoric ester groups is 1. The third kappa shape index (κ3) is 11.8. The van der Waals surface area contributed by atoms with Gasteiger partial charge in [-0.15, -0.1) is 0 Å². The van der Waals surface area contributed by atoms with E-state index in [0.29, 0.717) is 19.3 Å². The molecule has 0 bridgehead atoms. The van der Waals surface area contributed by atoms with Crippen LogP contribution in [0.2, 0.25) is 0 Å². The maximum absolute atomic E-state index is 13.2. The Kier molecular flexibility index (Phi) is 14.7. The van der Waals surface area contributed by atoms with Gasteiger partial charge in [0.05, 0.1) is 30.5 Å². The SMILES string of the molecule is CCCCCC(C(=O)NCNC(=O)c1ccc(-c2cc(OCC)cc(P(=O)(O)O)c2)o1)[C@@H](CC)N(C=O)OCOP(=O)(O)O. The van der Waals surface area contributed by atoms with E-state index in [1.807, 2.05) is 6.92 Å². The second-order valence-corrected chi connectivity index (χ2v) is 12.3. The van der Waals surface area contributed by atoms with Crippen molar-refractivity contribution >= 4 is 38.9 Å². The Labute approximate surface area is 254 Å². The van der Waals surface area contributed by atoms with E-state index in [4.69, 9.17) is 23.8 Å². The number of hydrogen-bond donors (Lipinski definition) is 6. The minimum Gasteiger partial charge on any atom is -0.494 e. The second-order valence-electron chi connectivity index (χ2n) is 9.49. The highest BCUT2D eigenvalue weighted by atomic mass is 31.2. The van der Waals surface area contributed by atoms with Gasteiger partial charge in [0.15, 0.2) is 12.6 Å². The number of hydrogen-bond acceptors (Lipinski definition) is 9. The lowest BCUT2D eigenvalue weighted by atomic mass is 9.90. The number of amides is 3. The third-order valence-electron chi connectivity index (χ3n) is 6.36. The molecule has 0 radical (unpaired) electrons. The maximum Gasteiger partial charge on any atom is 0.471 e. The van der Waals surface area contributed by atoms with Gasteiger partial charge < -0.3 is 39.4 Å². The molecule has 6 N–H and O–H groups in total. The van der Waals surface area contributed by atoms with Crippen LogP contribution in [0.15, 0.2) is 34.7 Å². The number of nitrogens with one attached hydrogen (secondary N) is 2. The van der Waals surface area contributed by atoms with Gasteiger partial charge in [0.2, 0.25) is 12.3 Å². The van der Waals surface area contributed by atoms with Gasteiger partial charge in [-0.05, 0) is 50.1 Å². The number of phosphoric acid groups is 1. The number of unbranched alkanes of at least 4 members (excludes halogenated alkanes) is 2. The topological polar surface area (TPSA) is 234 Å². The molecule has 18 heteroatoms. The van der Waals surface area contributed by atoms with Gasteiger partial charge in [0, 0.05) is 5.56 Å². The first-order valence-corrected chi connectivity index (χ1v) is 16.9. The molecule has 2 atom stereocenters. The van der Waals surface area contributed by atoms with Crippen molar-refractivity contribution in [3.05, 3.63) is 36.1 Å². The third-order valence-corrected chi connectivity index (χ3v) is 7.73. The van der Waals surface area contributed by atoms with Crippen LogP contribution in [-0.4, -0.2) is 69.0 Å². The number of carbonyl (C=O) groups is 3. The first-order valence-electron chi connectivity index (χ1n) is 13.8. The number of carbonyl (C=O) groups excluding carboxylic acids is 3. The van der Waals surface area contributed by atoms with E-state index in [9.17, 15) is 33.3 Å². The summed E-state index contributed by atoms with van der Waals surface area (Å²) in [5.41, 5.74) is 0.273. The summed E-state index contributed by atoms with van der Waals surface area (Å²) in [4.78, 5) is 79.6. The predicted octanol–water partition coefficient (Wildman–Crippen LogP) is 2.38. The van der Waals surface area contributed by atoms with E-state index in [2.05, 4.69) is 15.2 Å². The number of ether oxygens (including phenoxy) is 1. The Morgan fingerprint density at radius 3 is 2.36 bits per heavy atom. The van der Waals surface area contributed by atoms with Crippen LogP contribution >= 0.6 is 15.4 Å². The van der Waals surface area contributed by atoms with Gasteiger partial charge in [0.1, 0.15) is 11.5 Å². The maximum atomic E-state index is 13.2. The normalized spacial score (nSPS) is 13.2. The fourth-order valence-electron chi connectivity index (χ4n) is 4.30. The quantitative estimate of drug-likeness (QED) is 0.0393. The Morgan fingerprint density at radius 2 is 1.77 bits per heavy atom. The van der Waals surface area contributed by atoms with Gasteiger partial charge in [0.25, 0.3) is 5.91 Å². The van der Waals surface area contributed by atoms with Crippen molar-refractivity contribution in [2.75, 3.05) is 20.1 Å². The van der Waals surface area contributed by atoms with Crippen LogP contribution in [0, 0.1) is 5.92 Å². The molecular weight excluding hydrogens is 624 g/mol. The summed E-state index contributed by atoms with van der Waals surface area (Å²) >= 11 is 0. The van der Waals surface area contributed by atoms with Crippen molar-refractivity contribution in [1.29, 1.82) is 0 Å². The molecule has 0 saturated heterocycles. The molecule has 2 aromatic rings. The summed E-state index contributed by atoms with van der Waals surface area (Å²) in [5.74, 6) is -1.76. The second kappa shape index (κ2) is 17.4. The van der Waals surface area contributed by atoms with Crippen LogP contribution in [0.5, 0.6) is 5.75 Å². The summed E-state index contributed by atoms with van der Waals surface area (Å²) in [6, 6.07) is 5.97. The van der Waals surface area contributed by atoms with E-state index in [0.717, 1.165) is 17.9 Å². The van der Waals surface area contributed by atoms with E-state index in [1.54, 1.807) is 13.8 Å². The molecule has 1 unspecified atom stereocenters. The first kappa shape index (κ1) is 37.1. The van der Waals surface area contributed by atoms with Gasteiger partial charge in [-0.3, -0.25) is 23.5 Å². The summed E-state index contributed by atoms with van der Waals surface area (Å²) in [5, 5.41) is 5.60. The molecular formula is C26H39N3O13P2. The average molecular weight is 664 g/mol. The zero-order chi connectivity index (χ0) is 32.9. The molecule has 0 fully saturated rings. The fraction of sp³-hybridized carbons (Fsp3) is 0.500. The van der Waals surface area contributed by atoms with E-state index in [1.165, 1.54) is 30.3 Å². The standard InChI is InChI=1S/C26H39N3O13P2/c1-4-7-8-9-21(22(5-2)29(16-30)40-17-41-44(36,37)38)25(31)27-15-28-26(32)24-11-10-23(42-24)18-12-19(39-6-3)14-20(13-18)43(33,34)35/h10-14,16,21-22H,4-9,15,17H2,1-3H3,(H,27,31)(H,28,32)(H2,33,34,35)(H2,36,37,38)/t21?,22-/m1/s1. The Hall–Kier alpha value is -3.07. The zero-order valence-electron chi connectivity index (χ0n) is 24.6. The van der Waals surface area contributed by atoms with Crippen molar-refractivity contribution in [2.45, 2.75) is 58.9 Å². The van der Waals surface area contributed by atoms with E-state index >= 15 is 0 Å². The highest BCUT2D eigenvalue weighted by molar-refractivity contribution is 7.60. The minimum atomic E-state index is -4.85. The van der Waals surface area contributed by atoms with E-state index in [-0.39, 0.29) is 47.8 Å². The number of rotatable bonds is 20. The van der Waals surface area contributed by atoms with Crippen LogP contribution in [0.4, 0.5) is 0 Å². The van der Waals surface area contributed by atoms with Crippen LogP contribution in [0.1, 0.15) is 63.4 Å². The lowest BCUT2D eigenvalue weighted by Gasteiger charge is -2.32. The van der Waals surface area contributed by atoms with Crippen molar-refractivity contribution in [3.8, 4) is 17.1 Å². The Morgan fingerprint density at radius 1 is 1.05 bits per heavy atom. The summed E-state index contributed by atoms with van der Waals surface area (Å²) in [6.07, 6.45) is 3.23. The van der Waals surface area contributed by atoms with Gasteiger partial charge in [-0.2, -0.15) is 0 Å². The molecule has 3 amide bonds. The van der Waals surface area contributed by atoms with Gasteiger partial charge in [-0.25, -0.2) is 14.5 Å². The largest absolute Gasteiger partial charge is 0.494 e. The average Bonchev–Trinajstić information content (AvgIpc) is 3.45. The number of nitrogens with zero attached hydrogens (tertiary/aromatic N) is 1. The molecule has 0 saturated carbocycles. The number of furan rings is 1. The summed E-state index contributed by atoms with van der Waals surface area (Å²) in [6.45, 7) is 4.43. The van der Waals surface area contributed by atoms with Crippen molar-refractivity contribution in [3.63, 3.8) is 0 Å². The lowest BCUT2D eigenvalue weighted by Crippen LogP contribution is -2.48. The van der Waals surface area contributed by atoms with Crippen LogP contribution in [-0.2, 0) is 28.1 Å². The Balaban J connectivity index is 2.11. The molecule has 1 heterocycles. The molecule has 0 aliphatic heterocycles. The molecule has 44 heavy (non-hydrogen) atoms. The molecule has 0 aliphatic rings. The van der Waals surface area contributed by atoms with Gasteiger partial charge in [-0.1, -0.05) is 33.1 Å². The number of benzene rings is 1. The van der Waals surface area contributed by atoms with Crippen LogP contribution in [0.3, 0.4) is 0 Å². The van der Waals surface area contributed by atoms with Crippen molar-refractivity contribution in [2.24, 2.45) is 5.92 Å². The Bertz CT molecular complexity index is 1340. The molecule has 0 spiro atoms. The number of hydroxylamine groups is 2. The molecule has 16 nitrogen and oxygen atoms in total. The highest BCUT2D eigenvalue weighted by Crippen LogP contribution is 2.37. The van der Waals surface area contributed by atoms with Crippen LogP contribution < -0.4 is 20.7 Å². The monoisotopic (exact) mass is 663 g/mol. The molecule has 246 valence electrons. The molecule has 1 aromatic carbocycles. The van der Waals surface area contributed by atoms with Crippen molar-refractivity contribution < 1.29 is 61.6 Å². The van der Waals surface area contributed by atoms with Gasteiger partial charge >= 0.3 is 15.4 Å².